The summed E-state index contributed by atoms with van der Waals surface area (Å²) in [6, 6.07) is 2.87. The van der Waals surface area contributed by atoms with Crippen molar-refractivity contribution in [3.05, 3.63) is 33.1 Å². The average Bonchev–Trinajstić information content (AvgIpc) is 2.71. The Labute approximate surface area is 117 Å². The first kappa shape index (κ1) is 12.9. The average molecular weight is 303 g/mol. The van der Waals surface area contributed by atoms with Gasteiger partial charge in [0.05, 0.1) is 16.3 Å². The van der Waals surface area contributed by atoms with Crippen molar-refractivity contribution in [2.75, 3.05) is 11.2 Å². The van der Waals surface area contributed by atoms with Crippen molar-refractivity contribution in [3.63, 3.8) is 0 Å². The summed E-state index contributed by atoms with van der Waals surface area (Å²) in [5.41, 5.74) is 8.70. The summed E-state index contributed by atoms with van der Waals surface area (Å²) >= 11 is 13.0. The highest BCUT2D eigenvalue weighted by Gasteiger charge is 2.04. The number of anilines is 2. The molecule has 0 unspecified atom stereocenters. The van der Waals surface area contributed by atoms with Gasteiger partial charge in [0.15, 0.2) is 0 Å². The van der Waals surface area contributed by atoms with Crippen LogP contribution in [0, 0.1) is 0 Å². The fourth-order valence-corrected chi connectivity index (χ4v) is 2.13. The molecule has 0 fully saturated rings. The van der Waals surface area contributed by atoms with Gasteiger partial charge < -0.3 is 10.8 Å². The van der Waals surface area contributed by atoms with Crippen LogP contribution in [0.1, 0.15) is 5.56 Å². The summed E-state index contributed by atoms with van der Waals surface area (Å²) in [5, 5.41) is 16.2. The second-order valence-corrected chi connectivity index (χ2v) is 4.95. The minimum atomic E-state index is -0.0546. The molecule has 18 heavy (non-hydrogen) atoms. The van der Waals surface area contributed by atoms with Crippen molar-refractivity contribution < 1.29 is 5.11 Å². The van der Waals surface area contributed by atoms with E-state index >= 15 is 0 Å². The minimum absolute atomic E-state index is 0.0546. The zero-order valence-corrected chi connectivity index (χ0v) is 11.2. The van der Waals surface area contributed by atoms with Crippen LogP contribution >= 0.6 is 34.5 Å². The number of hydrogen-bond donors (Lipinski definition) is 3. The number of phenolic OH excluding ortho intramolecular Hbond substituents is 1. The van der Waals surface area contributed by atoms with Crippen LogP contribution in [0.4, 0.5) is 10.9 Å². The Balaban J connectivity index is 2.11. The number of nitrogens with two attached hydrogens (primary N) is 1. The van der Waals surface area contributed by atoms with Gasteiger partial charge in [0.2, 0.25) is 5.13 Å². The van der Waals surface area contributed by atoms with E-state index in [9.17, 15) is 5.11 Å². The van der Waals surface area contributed by atoms with Crippen LogP contribution in [0.15, 0.2) is 22.6 Å². The molecule has 2 aromatic rings. The Kier molecular flexibility index (Phi) is 3.90. The Morgan fingerprint density at radius 1 is 1.39 bits per heavy atom. The monoisotopic (exact) mass is 302 g/mol. The molecule has 0 saturated heterocycles. The smallest absolute Gasteiger partial charge is 0.205 e. The summed E-state index contributed by atoms with van der Waals surface area (Å²) in [4.78, 5) is 3.96. The molecule has 0 saturated carbocycles. The number of rotatable bonds is 3. The number of benzene rings is 1. The van der Waals surface area contributed by atoms with Crippen molar-refractivity contribution in [1.82, 2.24) is 4.98 Å². The van der Waals surface area contributed by atoms with Crippen molar-refractivity contribution in [1.29, 1.82) is 0 Å². The molecule has 0 spiro atoms. The van der Waals surface area contributed by atoms with E-state index in [-0.39, 0.29) is 10.8 Å². The maximum absolute atomic E-state index is 9.44. The SMILES string of the molecule is Nc1csc(NN=Cc2cc(O)c(Cl)cc2Cl)n1. The molecule has 0 radical (unpaired) electrons. The fourth-order valence-electron chi connectivity index (χ4n) is 1.15. The number of aromatic nitrogens is 1. The van der Waals surface area contributed by atoms with Gasteiger partial charge in [-0.2, -0.15) is 5.10 Å². The summed E-state index contributed by atoms with van der Waals surface area (Å²) in [5.74, 6) is 0.376. The molecule has 2 rings (SSSR count). The van der Waals surface area contributed by atoms with Gasteiger partial charge in [-0.05, 0) is 12.1 Å². The second-order valence-electron chi connectivity index (χ2n) is 3.27. The zero-order chi connectivity index (χ0) is 13.1. The third-order valence-corrected chi connectivity index (χ3v) is 3.35. The van der Waals surface area contributed by atoms with E-state index in [1.807, 2.05) is 0 Å². The number of nitrogens with one attached hydrogen (secondary N) is 1. The molecule has 0 amide bonds. The van der Waals surface area contributed by atoms with Gasteiger partial charge in [-0.1, -0.05) is 23.2 Å². The van der Waals surface area contributed by atoms with Gasteiger partial charge in [-0.25, -0.2) is 4.98 Å². The zero-order valence-electron chi connectivity index (χ0n) is 8.89. The predicted molar refractivity (Wildman–Crippen MR) is 75.9 cm³/mol. The highest BCUT2D eigenvalue weighted by molar-refractivity contribution is 7.14. The predicted octanol–water partition coefficient (Wildman–Crippen LogP) is 3.18. The quantitative estimate of drug-likeness (QED) is 0.600. The van der Waals surface area contributed by atoms with Gasteiger partial charge in [0, 0.05) is 10.9 Å². The number of thiazole rings is 1. The van der Waals surface area contributed by atoms with Crippen LogP contribution in [0.25, 0.3) is 0 Å². The van der Waals surface area contributed by atoms with Gasteiger partial charge in [-0.15, -0.1) is 11.3 Å². The van der Waals surface area contributed by atoms with Crippen LogP contribution in [-0.4, -0.2) is 16.3 Å². The summed E-state index contributed by atoms with van der Waals surface area (Å²) < 4.78 is 0. The number of nitrogens with zero attached hydrogens (tertiary/aromatic N) is 2. The third kappa shape index (κ3) is 3.04. The highest BCUT2D eigenvalue weighted by Crippen LogP contribution is 2.29. The number of nitrogen functional groups attached to an aromatic ring is 1. The molecule has 8 heteroatoms. The van der Waals surface area contributed by atoms with Crippen molar-refractivity contribution in [3.8, 4) is 5.75 Å². The van der Waals surface area contributed by atoms with Crippen molar-refractivity contribution in [2.24, 2.45) is 5.10 Å². The normalized spacial score (nSPS) is 11.0. The number of phenols is 1. The molecule has 1 aromatic heterocycles. The van der Waals surface area contributed by atoms with Crippen LogP contribution in [-0.2, 0) is 0 Å². The third-order valence-electron chi connectivity index (χ3n) is 1.95. The van der Waals surface area contributed by atoms with E-state index in [2.05, 4.69) is 15.5 Å². The van der Waals surface area contributed by atoms with E-state index < -0.39 is 0 Å². The van der Waals surface area contributed by atoms with Crippen molar-refractivity contribution >= 4 is 51.7 Å². The molecule has 4 N–H and O–H groups in total. The minimum Gasteiger partial charge on any atom is -0.506 e. The molecule has 0 bridgehead atoms. The van der Waals surface area contributed by atoms with Crippen LogP contribution in [0.3, 0.4) is 0 Å². The highest BCUT2D eigenvalue weighted by atomic mass is 35.5. The molecule has 0 aliphatic rings. The summed E-state index contributed by atoms with van der Waals surface area (Å²) in [6.07, 6.45) is 1.45. The molecular weight excluding hydrogens is 295 g/mol. The lowest BCUT2D eigenvalue weighted by molar-refractivity contribution is 0.475. The van der Waals surface area contributed by atoms with Crippen LogP contribution in [0.5, 0.6) is 5.75 Å². The molecule has 1 aromatic carbocycles. The second kappa shape index (κ2) is 5.43. The van der Waals surface area contributed by atoms with E-state index in [4.69, 9.17) is 28.9 Å². The maximum atomic E-state index is 9.44. The topological polar surface area (TPSA) is 83.5 Å². The van der Waals surface area contributed by atoms with Crippen molar-refractivity contribution in [2.45, 2.75) is 0 Å². The van der Waals surface area contributed by atoms with E-state index in [0.29, 0.717) is 21.5 Å². The number of hydrazone groups is 1. The molecule has 5 nitrogen and oxygen atoms in total. The van der Waals surface area contributed by atoms with Gasteiger partial charge in [0.1, 0.15) is 11.6 Å². The first-order valence-electron chi connectivity index (χ1n) is 4.74. The molecule has 94 valence electrons. The Hall–Kier alpha value is -1.50. The first-order valence-corrected chi connectivity index (χ1v) is 6.38. The molecular formula is C10H8Cl2N4OS. The molecule has 0 atom stereocenters. The van der Waals surface area contributed by atoms with Crippen LogP contribution < -0.4 is 11.2 Å². The lowest BCUT2D eigenvalue weighted by Gasteiger charge is -2.01. The lowest BCUT2D eigenvalue weighted by Crippen LogP contribution is -1.92. The Morgan fingerprint density at radius 3 is 2.83 bits per heavy atom. The lowest BCUT2D eigenvalue weighted by atomic mass is 10.2. The van der Waals surface area contributed by atoms with E-state index in [1.165, 1.54) is 29.7 Å². The first-order chi connectivity index (χ1) is 8.56. The standard InChI is InChI=1S/C10H8Cl2N4OS/c11-6-2-7(12)8(17)1-5(6)3-14-16-10-15-9(13)4-18-10/h1-4,17H,13H2,(H,15,16). The molecule has 0 aliphatic carbocycles. The maximum Gasteiger partial charge on any atom is 0.205 e. The van der Waals surface area contributed by atoms with Gasteiger partial charge in [-0.3, -0.25) is 5.43 Å². The largest absolute Gasteiger partial charge is 0.506 e. The van der Waals surface area contributed by atoms with E-state index in [0.717, 1.165) is 0 Å². The van der Waals surface area contributed by atoms with Gasteiger partial charge in [0.25, 0.3) is 0 Å². The Morgan fingerprint density at radius 2 is 2.17 bits per heavy atom. The summed E-state index contributed by atoms with van der Waals surface area (Å²) in [6.45, 7) is 0. The Bertz CT molecular complexity index is 600. The number of aromatic hydroxyl groups is 1. The van der Waals surface area contributed by atoms with Gasteiger partial charge >= 0.3 is 0 Å². The number of halogens is 2. The van der Waals surface area contributed by atoms with Crippen LogP contribution in [0.2, 0.25) is 10.0 Å². The molecule has 1 heterocycles. The fraction of sp³-hybridized carbons (Fsp3) is 0. The van der Waals surface area contributed by atoms with E-state index in [1.54, 1.807) is 5.38 Å². The molecule has 0 aliphatic heterocycles. The summed E-state index contributed by atoms with van der Waals surface area (Å²) in [7, 11) is 0. The number of hydrogen-bond acceptors (Lipinski definition) is 6.